The van der Waals surface area contributed by atoms with Crippen LogP contribution in [0.2, 0.25) is 0 Å². The predicted octanol–water partition coefficient (Wildman–Crippen LogP) is 1.21. The lowest BCUT2D eigenvalue weighted by atomic mass is 10.1. The Morgan fingerprint density at radius 2 is 1.59 bits per heavy atom. The fraction of sp³-hybridized carbons (Fsp3) is 0.750. The largest absolute Gasteiger partial charge is 0.443 e. The summed E-state index contributed by atoms with van der Waals surface area (Å²) in [5, 5.41) is 20.0. The van der Waals surface area contributed by atoms with Crippen molar-refractivity contribution >= 4 is 5.97 Å². The van der Waals surface area contributed by atoms with Crippen LogP contribution in [0.4, 0.5) is 0 Å². The van der Waals surface area contributed by atoms with E-state index >= 15 is 0 Å². The zero-order chi connectivity index (χ0) is 14.0. The van der Waals surface area contributed by atoms with Crippen molar-refractivity contribution in [2.24, 2.45) is 0 Å². The van der Waals surface area contributed by atoms with E-state index in [0.29, 0.717) is 0 Å². The highest BCUT2D eigenvalue weighted by Crippen LogP contribution is 2.25. The molecular weight excluding hydrogens is 222 g/mol. The smallest absolute Gasteiger partial charge is 0.334 e. The van der Waals surface area contributed by atoms with E-state index in [2.05, 4.69) is 6.58 Å². The van der Waals surface area contributed by atoms with Crippen LogP contribution in [-0.2, 0) is 9.53 Å². The van der Waals surface area contributed by atoms with Gasteiger partial charge in [-0.1, -0.05) is 6.58 Å². The second kappa shape index (κ2) is 5.16. The zero-order valence-corrected chi connectivity index (χ0v) is 11.4. The van der Waals surface area contributed by atoms with Gasteiger partial charge < -0.3 is 14.9 Å². The molecule has 5 nitrogen and oxygen atoms in total. The van der Waals surface area contributed by atoms with Crippen molar-refractivity contribution in [3.05, 3.63) is 12.2 Å². The molecule has 17 heavy (non-hydrogen) atoms. The fourth-order valence-electron chi connectivity index (χ4n) is 1.87. The molecule has 0 rings (SSSR count). The van der Waals surface area contributed by atoms with Crippen LogP contribution in [0.15, 0.2) is 12.2 Å². The van der Waals surface area contributed by atoms with Gasteiger partial charge in [0.2, 0.25) is 0 Å². The van der Waals surface area contributed by atoms with Gasteiger partial charge in [0.05, 0.1) is 0 Å². The Labute approximate surface area is 103 Å². The third-order valence-electron chi connectivity index (χ3n) is 2.17. The second-order valence-corrected chi connectivity index (χ2v) is 5.14. The van der Waals surface area contributed by atoms with Crippen LogP contribution < -0.4 is 0 Å². The average molecular weight is 245 g/mol. The highest BCUT2D eigenvalue weighted by atomic mass is 16.6. The first kappa shape index (κ1) is 16.1. The normalized spacial score (nSPS) is 14.6. The SMILES string of the molecule is C=C(C)C(=O)OC(C)N(C(C)(C)O)C(C)(C)O. The Morgan fingerprint density at radius 1 is 1.24 bits per heavy atom. The van der Waals surface area contributed by atoms with E-state index in [1.165, 1.54) is 39.5 Å². The number of aliphatic hydroxyl groups is 2. The molecule has 0 aliphatic heterocycles. The van der Waals surface area contributed by atoms with E-state index in [4.69, 9.17) is 4.74 Å². The van der Waals surface area contributed by atoms with Crippen LogP contribution >= 0.6 is 0 Å². The van der Waals surface area contributed by atoms with Crippen molar-refractivity contribution in [2.75, 3.05) is 0 Å². The first-order chi connectivity index (χ1) is 7.37. The second-order valence-electron chi connectivity index (χ2n) is 5.14. The summed E-state index contributed by atoms with van der Waals surface area (Å²) in [6.45, 7) is 12.6. The lowest BCUT2D eigenvalue weighted by Crippen LogP contribution is -2.60. The highest BCUT2D eigenvalue weighted by molar-refractivity contribution is 5.87. The number of rotatable bonds is 5. The molecule has 0 heterocycles. The van der Waals surface area contributed by atoms with E-state index in [9.17, 15) is 15.0 Å². The Balaban J connectivity index is 4.97. The maximum absolute atomic E-state index is 11.4. The molecule has 0 aliphatic rings. The Hall–Kier alpha value is -0.910. The summed E-state index contributed by atoms with van der Waals surface area (Å²) in [6.07, 6.45) is -0.779. The highest BCUT2D eigenvalue weighted by Gasteiger charge is 2.40. The first-order valence-electron chi connectivity index (χ1n) is 5.48. The van der Waals surface area contributed by atoms with Gasteiger partial charge in [0.1, 0.15) is 11.4 Å². The van der Waals surface area contributed by atoms with Crippen LogP contribution in [0.25, 0.3) is 0 Å². The maximum Gasteiger partial charge on any atom is 0.334 e. The van der Waals surface area contributed by atoms with Crippen molar-refractivity contribution in [3.8, 4) is 0 Å². The Morgan fingerprint density at radius 3 is 1.82 bits per heavy atom. The molecule has 100 valence electrons. The monoisotopic (exact) mass is 245 g/mol. The van der Waals surface area contributed by atoms with Gasteiger partial charge >= 0.3 is 5.97 Å². The third-order valence-corrected chi connectivity index (χ3v) is 2.17. The molecule has 0 fully saturated rings. The summed E-state index contributed by atoms with van der Waals surface area (Å²) in [6, 6.07) is 0. The first-order valence-corrected chi connectivity index (χ1v) is 5.48. The molecule has 0 saturated heterocycles. The van der Waals surface area contributed by atoms with Crippen molar-refractivity contribution in [2.45, 2.75) is 59.2 Å². The molecule has 0 aromatic heterocycles. The molecule has 2 N–H and O–H groups in total. The number of esters is 1. The van der Waals surface area contributed by atoms with Gasteiger partial charge in [0, 0.05) is 5.57 Å². The summed E-state index contributed by atoms with van der Waals surface area (Å²) in [5.41, 5.74) is -2.39. The number of carbonyl (C=O) groups excluding carboxylic acids is 1. The van der Waals surface area contributed by atoms with Crippen molar-refractivity contribution in [1.29, 1.82) is 0 Å². The molecule has 1 unspecified atom stereocenters. The van der Waals surface area contributed by atoms with Gasteiger partial charge in [-0.05, 0) is 41.5 Å². The third kappa shape index (κ3) is 4.85. The van der Waals surface area contributed by atoms with Gasteiger partial charge in [-0.15, -0.1) is 0 Å². The number of hydrogen-bond donors (Lipinski definition) is 2. The molecule has 0 aromatic carbocycles. The lowest BCUT2D eigenvalue weighted by Gasteiger charge is -2.45. The van der Waals surface area contributed by atoms with E-state index in [-0.39, 0.29) is 5.57 Å². The van der Waals surface area contributed by atoms with Crippen LogP contribution in [0.5, 0.6) is 0 Å². The Kier molecular flexibility index (Phi) is 4.89. The van der Waals surface area contributed by atoms with Crippen molar-refractivity contribution < 1.29 is 19.7 Å². The predicted molar refractivity (Wildman–Crippen MR) is 64.8 cm³/mol. The number of carbonyl (C=O) groups is 1. The van der Waals surface area contributed by atoms with E-state index in [0.717, 1.165) is 0 Å². The van der Waals surface area contributed by atoms with Crippen molar-refractivity contribution in [3.63, 3.8) is 0 Å². The van der Waals surface area contributed by atoms with Gasteiger partial charge in [0.15, 0.2) is 6.23 Å². The molecule has 1 atom stereocenters. The van der Waals surface area contributed by atoms with E-state index in [1.54, 1.807) is 6.92 Å². The summed E-state index contributed by atoms with van der Waals surface area (Å²) >= 11 is 0. The molecular formula is C12H23NO4. The zero-order valence-electron chi connectivity index (χ0n) is 11.4. The quantitative estimate of drug-likeness (QED) is 0.433. The minimum absolute atomic E-state index is 0.267. The van der Waals surface area contributed by atoms with Crippen LogP contribution in [-0.4, -0.2) is 38.8 Å². The summed E-state index contributed by atoms with van der Waals surface area (Å²) in [4.78, 5) is 12.7. The molecule has 0 amide bonds. The van der Waals surface area contributed by atoms with E-state index in [1.807, 2.05) is 0 Å². The summed E-state index contributed by atoms with van der Waals surface area (Å²) < 4.78 is 5.09. The lowest BCUT2D eigenvalue weighted by molar-refractivity contribution is -0.257. The number of nitrogens with zero attached hydrogens (tertiary/aromatic N) is 1. The number of ether oxygens (including phenoxy) is 1. The standard InChI is InChI=1S/C12H23NO4/c1-8(2)10(14)17-9(3)13(11(4,5)15)12(6,7)16/h9,15-16H,1H2,2-7H3. The van der Waals surface area contributed by atoms with Gasteiger partial charge in [-0.3, -0.25) is 0 Å². The fourth-order valence-corrected chi connectivity index (χ4v) is 1.87. The van der Waals surface area contributed by atoms with Gasteiger partial charge in [0.25, 0.3) is 0 Å². The van der Waals surface area contributed by atoms with Gasteiger partial charge in [-0.2, -0.15) is 0 Å². The molecule has 0 spiro atoms. The maximum atomic E-state index is 11.4. The average Bonchev–Trinajstić information content (AvgIpc) is 1.96. The summed E-state index contributed by atoms with van der Waals surface area (Å²) in [5.74, 6) is -0.559. The minimum Gasteiger partial charge on any atom is -0.443 e. The topological polar surface area (TPSA) is 70.0 Å². The number of hydrogen-bond acceptors (Lipinski definition) is 5. The molecule has 0 radical (unpaired) electrons. The van der Waals surface area contributed by atoms with Gasteiger partial charge in [-0.25, -0.2) is 9.69 Å². The molecule has 0 aromatic rings. The van der Waals surface area contributed by atoms with Crippen molar-refractivity contribution in [1.82, 2.24) is 4.90 Å². The summed E-state index contributed by atoms with van der Waals surface area (Å²) in [7, 11) is 0. The molecule has 0 saturated carbocycles. The molecule has 5 heteroatoms. The molecule has 0 aliphatic carbocycles. The van der Waals surface area contributed by atoms with E-state index < -0.39 is 23.6 Å². The van der Waals surface area contributed by atoms with Crippen LogP contribution in [0, 0.1) is 0 Å². The van der Waals surface area contributed by atoms with Crippen LogP contribution in [0.3, 0.4) is 0 Å². The Bertz CT molecular complexity index is 285. The minimum atomic E-state index is -1.33. The van der Waals surface area contributed by atoms with Crippen LogP contribution in [0.1, 0.15) is 41.5 Å². The molecule has 0 bridgehead atoms.